The number of aryl methyl sites for hydroxylation is 3. The summed E-state index contributed by atoms with van der Waals surface area (Å²) in [6, 6.07) is 11.7. The summed E-state index contributed by atoms with van der Waals surface area (Å²) in [5.74, 6) is -0.0542. The van der Waals surface area contributed by atoms with Crippen molar-refractivity contribution in [3.63, 3.8) is 0 Å². The van der Waals surface area contributed by atoms with Crippen LogP contribution in [0, 0.1) is 20.8 Å². The number of nitrogens with zero attached hydrogens (tertiary/aromatic N) is 2. The van der Waals surface area contributed by atoms with Gasteiger partial charge >= 0.3 is 0 Å². The number of fused-ring (bicyclic) bond motifs is 1. The van der Waals surface area contributed by atoms with E-state index in [4.69, 9.17) is 11.6 Å². The fraction of sp³-hybridized carbons (Fsp3) is 0.238. The Morgan fingerprint density at radius 3 is 2.50 bits per heavy atom. The van der Waals surface area contributed by atoms with Gasteiger partial charge in [0, 0.05) is 35.0 Å². The van der Waals surface area contributed by atoms with Gasteiger partial charge in [-0.1, -0.05) is 29.3 Å². The SMILES string of the molecule is Cc1cc(C)c(NC(=O)CN(C)c2ccnc3cc(Cl)ccc23)c(C)c1. The number of anilines is 2. The minimum atomic E-state index is -0.0542. The van der Waals surface area contributed by atoms with Crippen LogP contribution >= 0.6 is 11.6 Å². The van der Waals surface area contributed by atoms with Gasteiger partial charge in [-0.3, -0.25) is 9.78 Å². The minimum Gasteiger partial charge on any atom is -0.365 e. The van der Waals surface area contributed by atoms with Gasteiger partial charge in [0.2, 0.25) is 5.91 Å². The number of hydrogen-bond donors (Lipinski definition) is 1. The highest BCUT2D eigenvalue weighted by Crippen LogP contribution is 2.27. The number of pyridine rings is 1. The van der Waals surface area contributed by atoms with Crippen molar-refractivity contribution in [2.24, 2.45) is 0 Å². The van der Waals surface area contributed by atoms with Crippen LogP contribution in [-0.2, 0) is 4.79 Å². The average molecular weight is 368 g/mol. The van der Waals surface area contributed by atoms with Gasteiger partial charge in [0.1, 0.15) is 0 Å². The maximum atomic E-state index is 12.6. The molecule has 0 radical (unpaired) electrons. The standard InChI is InChI=1S/C21H22ClN3O/c1-13-9-14(2)21(15(3)10-13)24-20(26)12-25(4)19-7-8-23-18-11-16(22)5-6-17(18)19/h5-11H,12H2,1-4H3,(H,24,26). The molecule has 1 aromatic heterocycles. The van der Waals surface area contributed by atoms with Crippen molar-refractivity contribution in [1.29, 1.82) is 0 Å². The van der Waals surface area contributed by atoms with Gasteiger partial charge in [0.15, 0.2) is 0 Å². The molecule has 0 atom stereocenters. The summed E-state index contributed by atoms with van der Waals surface area (Å²) in [6.07, 6.45) is 1.73. The van der Waals surface area contributed by atoms with Crippen molar-refractivity contribution < 1.29 is 4.79 Å². The molecule has 1 amide bonds. The highest BCUT2D eigenvalue weighted by molar-refractivity contribution is 6.31. The molecule has 134 valence electrons. The predicted octanol–water partition coefficient (Wildman–Crippen LogP) is 4.89. The van der Waals surface area contributed by atoms with Gasteiger partial charge in [0.25, 0.3) is 0 Å². The zero-order chi connectivity index (χ0) is 18.8. The van der Waals surface area contributed by atoms with Gasteiger partial charge in [-0.25, -0.2) is 0 Å². The molecule has 26 heavy (non-hydrogen) atoms. The summed E-state index contributed by atoms with van der Waals surface area (Å²) in [5, 5.41) is 4.66. The fourth-order valence-corrected chi connectivity index (χ4v) is 3.46. The molecule has 2 aromatic carbocycles. The van der Waals surface area contributed by atoms with Crippen molar-refractivity contribution >= 4 is 39.8 Å². The third kappa shape index (κ3) is 3.81. The monoisotopic (exact) mass is 367 g/mol. The van der Waals surface area contributed by atoms with Crippen LogP contribution in [0.2, 0.25) is 5.02 Å². The lowest BCUT2D eigenvalue weighted by Gasteiger charge is -2.21. The van der Waals surface area contributed by atoms with Gasteiger partial charge < -0.3 is 10.2 Å². The van der Waals surface area contributed by atoms with Crippen LogP contribution in [0.3, 0.4) is 0 Å². The van der Waals surface area contributed by atoms with E-state index in [-0.39, 0.29) is 12.5 Å². The zero-order valence-corrected chi connectivity index (χ0v) is 16.2. The predicted molar refractivity (Wildman–Crippen MR) is 109 cm³/mol. The molecule has 3 rings (SSSR count). The molecule has 0 saturated heterocycles. The minimum absolute atomic E-state index is 0.0542. The van der Waals surface area contributed by atoms with Gasteiger partial charge in [-0.05, 0) is 56.2 Å². The summed E-state index contributed by atoms with van der Waals surface area (Å²) in [5.41, 5.74) is 5.98. The Bertz CT molecular complexity index is 961. The topological polar surface area (TPSA) is 45.2 Å². The molecule has 0 aliphatic rings. The molecule has 0 spiro atoms. The first-order valence-electron chi connectivity index (χ1n) is 8.48. The van der Waals surface area contributed by atoms with Gasteiger partial charge in [0.05, 0.1) is 12.1 Å². The molecular formula is C21H22ClN3O. The van der Waals surface area contributed by atoms with E-state index in [1.165, 1.54) is 5.56 Å². The molecule has 0 aliphatic carbocycles. The number of nitrogens with one attached hydrogen (secondary N) is 1. The van der Waals surface area contributed by atoms with Crippen LogP contribution in [0.4, 0.5) is 11.4 Å². The van der Waals surface area contributed by atoms with Crippen molar-refractivity contribution in [2.75, 3.05) is 23.8 Å². The quantitative estimate of drug-likeness (QED) is 0.714. The number of benzene rings is 2. The molecule has 0 unspecified atom stereocenters. The third-order valence-corrected chi connectivity index (χ3v) is 4.65. The lowest BCUT2D eigenvalue weighted by atomic mass is 10.1. The molecule has 0 saturated carbocycles. The molecule has 3 aromatic rings. The first-order chi connectivity index (χ1) is 12.3. The van der Waals surface area contributed by atoms with E-state index >= 15 is 0 Å². The van der Waals surface area contributed by atoms with E-state index in [1.807, 2.05) is 50.1 Å². The smallest absolute Gasteiger partial charge is 0.243 e. The number of amides is 1. The van der Waals surface area contributed by atoms with E-state index in [1.54, 1.807) is 6.20 Å². The Hall–Kier alpha value is -2.59. The normalized spacial score (nSPS) is 10.8. The summed E-state index contributed by atoms with van der Waals surface area (Å²) < 4.78 is 0. The van der Waals surface area contributed by atoms with Crippen LogP contribution in [0.1, 0.15) is 16.7 Å². The molecule has 4 nitrogen and oxygen atoms in total. The maximum absolute atomic E-state index is 12.6. The number of hydrogen-bond acceptors (Lipinski definition) is 3. The third-order valence-electron chi connectivity index (χ3n) is 4.42. The summed E-state index contributed by atoms with van der Waals surface area (Å²) in [7, 11) is 1.90. The van der Waals surface area contributed by atoms with Gasteiger partial charge in [-0.2, -0.15) is 0 Å². The highest BCUT2D eigenvalue weighted by Gasteiger charge is 2.13. The number of carbonyl (C=O) groups excluding carboxylic acids is 1. The Kier molecular flexibility index (Phi) is 5.14. The molecule has 1 heterocycles. The van der Waals surface area contributed by atoms with Crippen molar-refractivity contribution in [3.8, 4) is 0 Å². The Morgan fingerprint density at radius 1 is 1.12 bits per heavy atom. The number of likely N-dealkylation sites (N-methyl/N-ethyl adjacent to an activating group) is 1. The fourth-order valence-electron chi connectivity index (χ4n) is 3.30. The van der Waals surface area contributed by atoms with Gasteiger partial charge in [-0.15, -0.1) is 0 Å². The second kappa shape index (κ2) is 7.34. The number of carbonyl (C=O) groups is 1. The molecule has 0 aliphatic heterocycles. The molecule has 0 fully saturated rings. The van der Waals surface area contributed by atoms with Crippen molar-refractivity contribution in [2.45, 2.75) is 20.8 Å². The Labute approximate surface area is 158 Å². The average Bonchev–Trinajstić information content (AvgIpc) is 2.57. The van der Waals surface area contributed by atoms with Crippen LogP contribution < -0.4 is 10.2 Å². The summed E-state index contributed by atoms with van der Waals surface area (Å²) >= 11 is 6.05. The molecule has 0 bridgehead atoms. The molecular weight excluding hydrogens is 346 g/mol. The molecule has 5 heteroatoms. The zero-order valence-electron chi connectivity index (χ0n) is 15.4. The van der Waals surface area contributed by atoms with Crippen LogP contribution in [0.15, 0.2) is 42.6 Å². The highest BCUT2D eigenvalue weighted by atomic mass is 35.5. The largest absolute Gasteiger partial charge is 0.365 e. The lowest BCUT2D eigenvalue weighted by molar-refractivity contribution is -0.114. The molecule has 1 N–H and O–H groups in total. The van der Waals surface area contributed by atoms with Crippen molar-refractivity contribution in [1.82, 2.24) is 4.98 Å². The first-order valence-corrected chi connectivity index (χ1v) is 8.86. The Morgan fingerprint density at radius 2 is 1.81 bits per heavy atom. The van der Waals surface area contributed by atoms with Crippen molar-refractivity contribution in [3.05, 3.63) is 64.3 Å². The number of aromatic nitrogens is 1. The van der Waals surface area contributed by atoms with E-state index in [0.29, 0.717) is 5.02 Å². The maximum Gasteiger partial charge on any atom is 0.243 e. The Balaban J connectivity index is 1.80. The second-order valence-electron chi connectivity index (χ2n) is 6.67. The van der Waals surface area contributed by atoms with E-state index in [9.17, 15) is 4.79 Å². The van der Waals surface area contributed by atoms with Crippen LogP contribution in [0.25, 0.3) is 10.9 Å². The van der Waals surface area contributed by atoms with Crippen LogP contribution in [-0.4, -0.2) is 24.5 Å². The van der Waals surface area contributed by atoms with E-state index in [0.717, 1.165) is 33.4 Å². The van der Waals surface area contributed by atoms with Crippen LogP contribution in [0.5, 0.6) is 0 Å². The first kappa shape index (κ1) is 18.2. The number of rotatable bonds is 4. The van der Waals surface area contributed by atoms with E-state index in [2.05, 4.69) is 29.4 Å². The summed E-state index contributed by atoms with van der Waals surface area (Å²) in [4.78, 5) is 18.9. The lowest BCUT2D eigenvalue weighted by Crippen LogP contribution is -2.30. The van der Waals surface area contributed by atoms with E-state index < -0.39 is 0 Å². The number of halogens is 1. The second-order valence-corrected chi connectivity index (χ2v) is 7.11. The summed E-state index contributed by atoms with van der Waals surface area (Å²) in [6.45, 7) is 6.33.